The molecular formula is C7H3FNNaO4S. The summed E-state index contributed by atoms with van der Waals surface area (Å²) in [5, 5.41) is 0. The molecule has 0 radical (unpaired) electrons. The molecule has 1 atom stereocenters. The largest absolute Gasteiger partial charge is 1.00 e. The summed E-state index contributed by atoms with van der Waals surface area (Å²) in [7, 11) is 0. The number of oxazole rings is 1. The van der Waals surface area contributed by atoms with Gasteiger partial charge in [-0.15, -0.1) is 0 Å². The molecule has 0 amide bonds. The van der Waals surface area contributed by atoms with E-state index in [9.17, 15) is 17.9 Å². The fraction of sp³-hybridized carbons (Fsp3) is 0. The smallest absolute Gasteiger partial charge is 0.768 e. The summed E-state index contributed by atoms with van der Waals surface area (Å²) in [6.07, 6.45) is 0. The van der Waals surface area contributed by atoms with Crippen LogP contribution in [-0.2, 0) is 11.1 Å². The van der Waals surface area contributed by atoms with Crippen molar-refractivity contribution in [2.24, 2.45) is 0 Å². The van der Waals surface area contributed by atoms with E-state index in [0.717, 1.165) is 12.1 Å². The Morgan fingerprint density at radius 1 is 1.47 bits per heavy atom. The minimum Gasteiger partial charge on any atom is -0.768 e. The predicted molar refractivity (Wildman–Crippen MR) is 44.0 cm³/mol. The average Bonchev–Trinajstić information content (AvgIpc) is 2.42. The monoisotopic (exact) mass is 239 g/mol. The number of H-pyrrole nitrogens is 1. The first kappa shape index (κ1) is 12.6. The Kier molecular flexibility index (Phi) is 3.85. The Labute approximate surface area is 107 Å². The number of aromatic amines is 1. The quantitative estimate of drug-likeness (QED) is 0.440. The number of fused-ring (bicyclic) bond motifs is 1. The minimum atomic E-state index is -2.69. The second-order valence-corrected chi connectivity index (χ2v) is 3.44. The number of hydrogen-bond donors (Lipinski definition) is 1. The van der Waals surface area contributed by atoms with Gasteiger partial charge in [0.15, 0.2) is 5.58 Å². The van der Waals surface area contributed by atoms with Gasteiger partial charge in [0, 0.05) is 12.1 Å². The topological polar surface area (TPSA) is 86.1 Å². The van der Waals surface area contributed by atoms with Crippen LogP contribution in [0.4, 0.5) is 4.39 Å². The standard InChI is InChI=1S/C7H4FNO4S.Na/c8-3-1-4-5(13-7(10)9-4)2-6(3)14(11)12;/h1-2H,(H,9,10)(H,11,12);/q;+1/p-1. The van der Waals surface area contributed by atoms with Gasteiger partial charge in [0.2, 0.25) is 0 Å². The molecule has 74 valence electrons. The second kappa shape index (κ2) is 4.58. The molecule has 0 spiro atoms. The summed E-state index contributed by atoms with van der Waals surface area (Å²) in [5.41, 5.74) is 0.136. The van der Waals surface area contributed by atoms with E-state index >= 15 is 0 Å². The van der Waals surface area contributed by atoms with E-state index in [1.165, 1.54) is 0 Å². The molecular weight excluding hydrogens is 236 g/mol. The zero-order valence-electron chi connectivity index (χ0n) is 7.57. The molecule has 0 fully saturated rings. The van der Waals surface area contributed by atoms with Crippen LogP contribution < -0.4 is 35.3 Å². The van der Waals surface area contributed by atoms with Gasteiger partial charge in [0.25, 0.3) is 0 Å². The van der Waals surface area contributed by atoms with E-state index in [4.69, 9.17) is 0 Å². The van der Waals surface area contributed by atoms with Gasteiger partial charge in [0.05, 0.1) is 10.4 Å². The Morgan fingerprint density at radius 2 is 2.13 bits per heavy atom. The van der Waals surface area contributed by atoms with Crippen molar-refractivity contribution in [3.8, 4) is 0 Å². The summed E-state index contributed by atoms with van der Waals surface area (Å²) in [5.74, 6) is -1.68. The molecule has 2 aromatic rings. The van der Waals surface area contributed by atoms with E-state index in [1.54, 1.807) is 0 Å². The third-order valence-corrected chi connectivity index (χ3v) is 2.33. The molecule has 15 heavy (non-hydrogen) atoms. The molecule has 1 N–H and O–H groups in total. The number of halogens is 1. The first-order valence-corrected chi connectivity index (χ1v) is 4.57. The van der Waals surface area contributed by atoms with Crippen LogP contribution in [0.2, 0.25) is 0 Å². The van der Waals surface area contributed by atoms with Gasteiger partial charge in [-0.3, -0.25) is 9.19 Å². The molecule has 8 heteroatoms. The summed E-state index contributed by atoms with van der Waals surface area (Å²) >= 11 is -2.69. The van der Waals surface area contributed by atoms with Gasteiger partial charge in [0.1, 0.15) is 5.82 Å². The molecule has 0 aliphatic rings. The zero-order valence-corrected chi connectivity index (χ0v) is 10.4. The maximum Gasteiger partial charge on any atom is 1.00 e. The number of benzene rings is 1. The normalized spacial score (nSPS) is 12.4. The summed E-state index contributed by atoms with van der Waals surface area (Å²) in [4.78, 5) is 12.4. The molecule has 1 unspecified atom stereocenters. The number of rotatable bonds is 1. The summed E-state index contributed by atoms with van der Waals surface area (Å²) in [6.45, 7) is 0. The van der Waals surface area contributed by atoms with E-state index in [1.807, 2.05) is 0 Å². The maximum atomic E-state index is 13.0. The van der Waals surface area contributed by atoms with Crippen LogP contribution in [0, 0.1) is 5.82 Å². The Morgan fingerprint density at radius 3 is 2.73 bits per heavy atom. The molecule has 5 nitrogen and oxygen atoms in total. The van der Waals surface area contributed by atoms with Crippen LogP contribution in [0.1, 0.15) is 0 Å². The van der Waals surface area contributed by atoms with Crippen molar-refractivity contribution in [3.63, 3.8) is 0 Å². The van der Waals surface area contributed by atoms with Gasteiger partial charge in [-0.1, -0.05) is 0 Å². The first-order valence-electron chi connectivity index (χ1n) is 3.49. The van der Waals surface area contributed by atoms with Crippen molar-refractivity contribution < 1.29 is 47.1 Å². The van der Waals surface area contributed by atoms with Crippen LogP contribution in [0.3, 0.4) is 0 Å². The first-order chi connectivity index (χ1) is 6.58. The van der Waals surface area contributed by atoms with Crippen LogP contribution in [0.25, 0.3) is 11.1 Å². The molecule has 1 aromatic heterocycles. The molecule has 0 aliphatic carbocycles. The number of hydrogen-bond acceptors (Lipinski definition) is 4. The Bertz CT molecular complexity index is 578. The second-order valence-electron chi connectivity index (χ2n) is 2.53. The minimum absolute atomic E-state index is 0. The fourth-order valence-corrected chi connectivity index (χ4v) is 1.50. The number of aromatic nitrogens is 1. The predicted octanol–water partition coefficient (Wildman–Crippen LogP) is -2.50. The Hall–Kier alpha value is -0.470. The Balaban J connectivity index is 0.00000112. The van der Waals surface area contributed by atoms with E-state index in [2.05, 4.69) is 9.40 Å². The van der Waals surface area contributed by atoms with Crippen molar-refractivity contribution in [1.29, 1.82) is 0 Å². The van der Waals surface area contributed by atoms with Crippen molar-refractivity contribution in [3.05, 3.63) is 28.5 Å². The number of nitrogens with one attached hydrogen (secondary N) is 1. The van der Waals surface area contributed by atoms with Crippen molar-refractivity contribution in [2.45, 2.75) is 4.90 Å². The van der Waals surface area contributed by atoms with Crippen molar-refractivity contribution in [1.82, 2.24) is 4.98 Å². The van der Waals surface area contributed by atoms with Crippen LogP contribution >= 0.6 is 0 Å². The average molecular weight is 239 g/mol. The summed E-state index contributed by atoms with van der Waals surface area (Å²) < 4.78 is 38.6. The molecule has 0 aliphatic heterocycles. The zero-order chi connectivity index (χ0) is 10.3. The van der Waals surface area contributed by atoms with E-state index in [-0.39, 0.29) is 40.7 Å². The molecule has 0 saturated carbocycles. The SMILES string of the molecule is O=c1[nH]c2cc(F)c(S(=O)[O-])cc2o1.[Na+]. The third-order valence-electron chi connectivity index (χ3n) is 1.65. The fourth-order valence-electron chi connectivity index (χ4n) is 1.08. The molecule has 1 heterocycles. The third kappa shape index (κ3) is 2.37. The molecule has 2 rings (SSSR count). The maximum absolute atomic E-state index is 13.0. The summed E-state index contributed by atoms with van der Waals surface area (Å²) in [6, 6.07) is 1.84. The van der Waals surface area contributed by atoms with Gasteiger partial charge in [-0.2, -0.15) is 0 Å². The van der Waals surface area contributed by atoms with Gasteiger partial charge >= 0.3 is 35.3 Å². The van der Waals surface area contributed by atoms with Crippen molar-refractivity contribution in [2.75, 3.05) is 0 Å². The van der Waals surface area contributed by atoms with Crippen LogP contribution in [-0.4, -0.2) is 13.7 Å². The molecule has 0 bridgehead atoms. The van der Waals surface area contributed by atoms with Crippen LogP contribution in [0.5, 0.6) is 0 Å². The van der Waals surface area contributed by atoms with E-state index < -0.39 is 27.5 Å². The van der Waals surface area contributed by atoms with Gasteiger partial charge in [-0.25, -0.2) is 9.18 Å². The van der Waals surface area contributed by atoms with Gasteiger partial charge < -0.3 is 8.97 Å². The van der Waals surface area contributed by atoms with E-state index in [0.29, 0.717) is 0 Å². The van der Waals surface area contributed by atoms with Gasteiger partial charge in [-0.05, 0) is 11.1 Å². The van der Waals surface area contributed by atoms with Crippen molar-refractivity contribution >= 4 is 22.2 Å². The van der Waals surface area contributed by atoms with Crippen LogP contribution in [0.15, 0.2) is 26.2 Å². The molecule has 1 aromatic carbocycles. The molecule has 0 saturated heterocycles.